The van der Waals surface area contributed by atoms with E-state index >= 15 is 0 Å². The Morgan fingerprint density at radius 2 is 1.56 bits per heavy atom. The van der Waals surface area contributed by atoms with Crippen LogP contribution in [0.2, 0.25) is 0 Å². The van der Waals surface area contributed by atoms with E-state index in [1.54, 1.807) is 0 Å². The van der Waals surface area contributed by atoms with Crippen LogP contribution in [0.3, 0.4) is 0 Å². The Hall–Kier alpha value is -1.84. The van der Waals surface area contributed by atoms with Crippen molar-refractivity contribution in [2.75, 3.05) is 0 Å². The molecule has 1 aromatic carbocycles. The maximum Gasteiger partial charge on any atom is 0.338 e. The van der Waals surface area contributed by atoms with Crippen molar-refractivity contribution in [3.05, 3.63) is 35.4 Å². The SMILES string of the molecule is CC(C)C(C)(C)OC(=O)c1ccc(C(=O)O)cc1. The molecule has 0 aliphatic carbocycles. The quantitative estimate of drug-likeness (QED) is 0.834. The van der Waals surface area contributed by atoms with E-state index in [0.717, 1.165) is 0 Å². The van der Waals surface area contributed by atoms with Gasteiger partial charge in [-0.25, -0.2) is 9.59 Å². The smallest absolute Gasteiger partial charge is 0.338 e. The van der Waals surface area contributed by atoms with Crippen molar-refractivity contribution < 1.29 is 19.4 Å². The molecule has 0 atom stereocenters. The van der Waals surface area contributed by atoms with Crippen LogP contribution in [0.5, 0.6) is 0 Å². The van der Waals surface area contributed by atoms with Crippen molar-refractivity contribution in [2.24, 2.45) is 5.92 Å². The van der Waals surface area contributed by atoms with Crippen LogP contribution in [0.25, 0.3) is 0 Å². The molecule has 4 heteroatoms. The Labute approximate surface area is 107 Å². The van der Waals surface area contributed by atoms with Gasteiger partial charge in [0, 0.05) is 0 Å². The zero-order valence-electron chi connectivity index (χ0n) is 11.1. The minimum absolute atomic E-state index is 0.148. The number of hydrogen-bond acceptors (Lipinski definition) is 3. The molecule has 1 aromatic rings. The van der Waals surface area contributed by atoms with Crippen molar-refractivity contribution in [3.8, 4) is 0 Å². The highest BCUT2D eigenvalue weighted by molar-refractivity contribution is 5.92. The van der Waals surface area contributed by atoms with E-state index in [2.05, 4.69) is 0 Å². The molecule has 0 saturated heterocycles. The highest BCUT2D eigenvalue weighted by Gasteiger charge is 2.27. The number of hydrogen-bond donors (Lipinski definition) is 1. The molecular formula is C14H18O4. The number of aromatic carboxylic acids is 1. The van der Waals surface area contributed by atoms with Gasteiger partial charge in [0.25, 0.3) is 0 Å². The molecule has 0 aliphatic heterocycles. The zero-order chi connectivity index (χ0) is 13.9. The van der Waals surface area contributed by atoms with E-state index in [0.29, 0.717) is 5.56 Å². The van der Waals surface area contributed by atoms with E-state index in [-0.39, 0.29) is 11.5 Å². The summed E-state index contributed by atoms with van der Waals surface area (Å²) >= 11 is 0. The Bertz CT molecular complexity index is 443. The molecule has 0 fully saturated rings. The van der Waals surface area contributed by atoms with Gasteiger partial charge in [-0.1, -0.05) is 13.8 Å². The number of carbonyl (C=O) groups is 2. The van der Waals surface area contributed by atoms with Gasteiger partial charge in [0.1, 0.15) is 5.60 Å². The molecule has 1 N–H and O–H groups in total. The number of benzene rings is 1. The minimum atomic E-state index is -1.02. The third-order valence-electron chi connectivity index (χ3n) is 3.11. The zero-order valence-corrected chi connectivity index (χ0v) is 11.1. The number of carboxylic acids is 1. The van der Waals surface area contributed by atoms with Crippen LogP contribution in [-0.4, -0.2) is 22.6 Å². The molecule has 0 bridgehead atoms. The van der Waals surface area contributed by atoms with Gasteiger partial charge in [-0.2, -0.15) is 0 Å². The van der Waals surface area contributed by atoms with E-state index < -0.39 is 17.5 Å². The lowest BCUT2D eigenvalue weighted by molar-refractivity contribution is -0.0222. The van der Waals surface area contributed by atoms with Gasteiger partial charge >= 0.3 is 11.9 Å². The lowest BCUT2D eigenvalue weighted by Crippen LogP contribution is -2.33. The van der Waals surface area contributed by atoms with E-state index in [1.165, 1.54) is 24.3 Å². The number of carbonyl (C=O) groups excluding carboxylic acids is 1. The Balaban J connectivity index is 2.82. The van der Waals surface area contributed by atoms with Crippen LogP contribution in [0, 0.1) is 5.92 Å². The number of rotatable bonds is 4. The van der Waals surface area contributed by atoms with Crippen molar-refractivity contribution >= 4 is 11.9 Å². The Morgan fingerprint density at radius 1 is 1.11 bits per heavy atom. The summed E-state index contributed by atoms with van der Waals surface area (Å²) in [4.78, 5) is 22.6. The molecule has 0 heterocycles. The second-order valence-corrected chi connectivity index (χ2v) is 5.03. The summed E-state index contributed by atoms with van der Waals surface area (Å²) in [6.07, 6.45) is 0. The first-order chi connectivity index (χ1) is 8.24. The fourth-order valence-corrected chi connectivity index (χ4v) is 1.16. The van der Waals surface area contributed by atoms with Gasteiger partial charge in [-0.05, 0) is 44.0 Å². The molecular weight excluding hydrogens is 232 g/mol. The summed E-state index contributed by atoms with van der Waals surface area (Å²) in [5.74, 6) is -1.26. The van der Waals surface area contributed by atoms with Crippen molar-refractivity contribution in [1.29, 1.82) is 0 Å². The van der Waals surface area contributed by atoms with Crippen LogP contribution in [-0.2, 0) is 4.74 Å². The molecule has 0 saturated carbocycles. The van der Waals surface area contributed by atoms with E-state index in [4.69, 9.17) is 9.84 Å². The first-order valence-corrected chi connectivity index (χ1v) is 5.80. The highest BCUT2D eigenvalue weighted by Crippen LogP contribution is 2.22. The molecule has 0 aromatic heterocycles. The standard InChI is InChI=1S/C14H18O4/c1-9(2)14(3,4)18-13(17)11-7-5-10(6-8-11)12(15)16/h5-9H,1-4H3,(H,15,16). The number of carboxylic acid groups (broad SMARTS) is 1. The van der Waals surface area contributed by atoms with Gasteiger partial charge < -0.3 is 9.84 Å². The lowest BCUT2D eigenvalue weighted by Gasteiger charge is -2.29. The summed E-state index contributed by atoms with van der Waals surface area (Å²) in [5, 5.41) is 8.76. The third kappa shape index (κ3) is 3.32. The predicted octanol–water partition coefficient (Wildman–Crippen LogP) is 2.98. The fourth-order valence-electron chi connectivity index (χ4n) is 1.16. The molecule has 0 spiro atoms. The predicted molar refractivity (Wildman–Crippen MR) is 67.7 cm³/mol. The molecule has 0 unspecified atom stereocenters. The van der Waals surface area contributed by atoms with E-state index in [1.807, 2.05) is 27.7 Å². The minimum Gasteiger partial charge on any atom is -0.478 e. The van der Waals surface area contributed by atoms with Gasteiger partial charge in [0.15, 0.2) is 0 Å². The first-order valence-electron chi connectivity index (χ1n) is 5.80. The summed E-state index contributed by atoms with van der Waals surface area (Å²) < 4.78 is 5.40. The molecule has 0 amide bonds. The Kier molecular flexibility index (Phi) is 4.11. The van der Waals surface area contributed by atoms with Crippen molar-refractivity contribution in [2.45, 2.75) is 33.3 Å². The topological polar surface area (TPSA) is 63.6 Å². The van der Waals surface area contributed by atoms with Gasteiger partial charge in [0.05, 0.1) is 11.1 Å². The summed E-state index contributed by atoms with van der Waals surface area (Å²) in [6.45, 7) is 7.64. The summed E-state index contributed by atoms with van der Waals surface area (Å²) in [5.41, 5.74) is -0.0499. The lowest BCUT2D eigenvalue weighted by atomic mass is 9.94. The van der Waals surface area contributed by atoms with Gasteiger partial charge in [0.2, 0.25) is 0 Å². The molecule has 4 nitrogen and oxygen atoms in total. The van der Waals surface area contributed by atoms with E-state index in [9.17, 15) is 9.59 Å². The van der Waals surface area contributed by atoms with Crippen LogP contribution >= 0.6 is 0 Å². The summed E-state index contributed by atoms with van der Waals surface area (Å²) in [7, 11) is 0. The number of esters is 1. The molecule has 1 rings (SSSR count). The fraction of sp³-hybridized carbons (Fsp3) is 0.429. The van der Waals surface area contributed by atoms with Crippen LogP contribution in [0.4, 0.5) is 0 Å². The van der Waals surface area contributed by atoms with Crippen molar-refractivity contribution in [3.63, 3.8) is 0 Å². The normalized spacial score (nSPS) is 11.4. The molecule has 0 aliphatic rings. The van der Waals surface area contributed by atoms with Crippen LogP contribution < -0.4 is 0 Å². The maximum atomic E-state index is 11.9. The monoisotopic (exact) mass is 250 g/mol. The third-order valence-corrected chi connectivity index (χ3v) is 3.11. The van der Waals surface area contributed by atoms with Gasteiger partial charge in [-0.3, -0.25) is 0 Å². The molecule has 98 valence electrons. The molecule has 0 radical (unpaired) electrons. The molecule has 18 heavy (non-hydrogen) atoms. The average molecular weight is 250 g/mol. The van der Waals surface area contributed by atoms with Gasteiger partial charge in [-0.15, -0.1) is 0 Å². The number of ether oxygens (including phenoxy) is 1. The van der Waals surface area contributed by atoms with Crippen molar-refractivity contribution in [1.82, 2.24) is 0 Å². The highest BCUT2D eigenvalue weighted by atomic mass is 16.6. The Morgan fingerprint density at radius 3 is 1.94 bits per heavy atom. The largest absolute Gasteiger partial charge is 0.478 e. The van der Waals surface area contributed by atoms with Crippen LogP contribution in [0.1, 0.15) is 48.4 Å². The average Bonchev–Trinajstić information content (AvgIpc) is 2.28. The summed E-state index contributed by atoms with van der Waals surface area (Å²) in [6, 6.07) is 5.70. The first kappa shape index (κ1) is 14.2. The second kappa shape index (κ2) is 5.21. The van der Waals surface area contributed by atoms with Crippen LogP contribution in [0.15, 0.2) is 24.3 Å². The second-order valence-electron chi connectivity index (χ2n) is 5.03. The maximum absolute atomic E-state index is 11.9.